The van der Waals surface area contributed by atoms with E-state index in [1.807, 2.05) is 13.0 Å². The third-order valence-electron chi connectivity index (χ3n) is 1.51. The van der Waals surface area contributed by atoms with Crippen molar-refractivity contribution in [3.8, 4) is 0 Å². The molecule has 0 aliphatic rings. The Bertz CT molecular complexity index is 250. The summed E-state index contributed by atoms with van der Waals surface area (Å²) >= 11 is 1.73. The summed E-state index contributed by atoms with van der Waals surface area (Å²) in [5.74, 6) is 0. The van der Waals surface area contributed by atoms with Crippen LogP contribution in [0, 0.1) is 6.92 Å². The van der Waals surface area contributed by atoms with Crippen molar-refractivity contribution >= 4 is 17.4 Å². The molecule has 1 nitrogen and oxygen atoms in total. The molecule has 0 aliphatic carbocycles. The van der Waals surface area contributed by atoms with Crippen molar-refractivity contribution in [2.75, 3.05) is 0 Å². The average molecular weight is 167 g/mol. The predicted octanol–water partition coefficient (Wildman–Crippen LogP) is 3.05. The standard InChI is InChI=1S/C9H13NS/c1-4-6-8-9(5-2)11-7(3)10-8/h5H,2,4,6H2,1,3H3. The normalized spacial score (nSPS) is 10.0. The molecule has 0 saturated heterocycles. The van der Waals surface area contributed by atoms with E-state index in [-0.39, 0.29) is 0 Å². The third-order valence-corrected chi connectivity index (χ3v) is 2.52. The van der Waals surface area contributed by atoms with Gasteiger partial charge in [-0.3, -0.25) is 0 Å². The molecule has 0 spiro atoms. The molecule has 60 valence electrons. The lowest BCUT2D eigenvalue weighted by Gasteiger charge is -1.91. The van der Waals surface area contributed by atoms with Gasteiger partial charge in [0.05, 0.1) is 10.7 Å². The molecule has 1 heterocycles. The van der Waals surface area contributed by atoms with Crippen molar-refractivity contribution in [2.45, 2.75) is 26.7 Å². The zero-order valence-electron chi connectivity index (χ0n) is 7.05. The minimum atomic E-state index is 1.08. The largest absolute Gasteiger partial charge is 0.246 e. The first-order chi connectivity index (χ1) is 5.27. The second-order valence-corrected chi connectivity index (χ2v) is 3.73. The molecule has 0 fully saturated rings. The Morgan fingerprint density at radius 3 is 2.91 bits per heavy atom. The Labute approximate surface area is 71.8 Å². The van der Waals surface area contributed by atoms with E-state index in [1.165, 1.54) is 10.6 Å². The van der Waals surface area contributed by atoms with Crippen LogP contribution in [0.3, 0.4) is 0 Å². The van der Waals surface area contributed by atoms with Gasteiger partial charge >= 0.3 is 0 Å². The first-order valence-electron chi connectivity index (χ1n) is 3.86. The molecule has 0 N–H and O–H groups in total. The smallest absolute Gasteiger partial charge is 0.0903 e. The number of nitrogens with zero attached hydrogens (tertiary/aromatic N) is 1. The van der Waals surface area contributed by atoms with Gasteiger partial charge in [0.2, 0.25) is 0 Å². The zero-order valence-corrected chi connectivity index (χ0v) is 7.87. The lowest BCUT2D eigenvalue weighted by molar-refractivity contribution is 0.886. The van der Waals surface area contributed by atoms with Crippen LogP contribution in [0.2, 0.25) is 0 Å². The number of aryl methyl sites for hydroxylation is 2. The van der Waals surface area contributed by atoms with Crippen LogP contribution in [-0.2, 0) is 6.42 Å². The lowest BCUT2D eigenvalue weighted by atomic mass is 10.2. The molecule has 1 rings (SSSR count). The fourth-order valence-electron chi connectivity index (χ4n) is 1.06. The van der Waals surface area contributed by atoms with Crippen molar-refractivity contribution < 1.29 is 0 Å². The van der Waals surface area contributed by atoms with E-state index >= 15 is 0 Å². The van der Waals surface area contributed by atoms with Crippen molar-refractivity contribution in [3.05, 3.63) is 22.2 Å². The highest BCUT2D eigenvalue weighted by atomic mass is 32.1. The zero-order chi connectivity index (χ0) is 8.27. The summed E-state index contributed by atoms with van der Waals surface area (Å²) in [5.41, 5.74) is 1.21. The van der Waals surface area contributed by atoms with Crippen molar-refractivity contribution in [1.82, 2.24) is 4.98 Å². The highest BCUT2D eigenvalue weighted by Crippen LogP contribution is 2.19. The van der Waals surface area contributed by atoms with Crippen molar-refractivity contribution in [2.24, 2.45) is 0 Å². The van der Waals surface area contributed by atoms with Gasteiger partial charge in [0.25, 0.3) is 0 Å². The maximum atomic E-state index is 4.42. The number of thiazole rings is 1. The van der Waals surface area contributed by atoms with E-state index in [0.717, 1.165) is 17.8 Å². The predicted molar refractivity (Wildman–Crippen MR) is 50.9 cm³/mol. The molecule has 0 radical (unpaired) electrons. The highest BCUT2D eigenvalue weighted by molar-refractivity contribution is 7.12. The molecule has 0 aromatic carbocycles. The fourth-order valence-corrected chi connectivity index (χ4v) is 1.88. The summed E-state index contributed by atoms with van der Waals surface area (Å²) in [6, 6.07) is 0. The minimum absolute atomic E-state index is 1.08. The Hall–Kier alpha value is -0.630. The molecule has 1 aromatic heterocycles. The van der Waals surface area contributed by atoms with Crippen LogP contribution in [0.1, 0.15) is 28.9 Å². The summed E-state index contributed by atoms with van der Waals surface area (Å²) in [4.78, 5) is 5.66. The van der Waals surface area contributed by atoms with Gasteiger partial charge in [-0.1, -0.05) is 26.0 Å². The van der Waals surface area contributed by atoms with Gasteiger partial charge in [-0.25, -0.2) is 4.98 Å². The fraction of sp³-hybridized carbons (Fsp3) is 0.444. The topological polar surface area (TPSA) is 12.9 Å². The highest BCUT2D eigenvalue weighted by Gasteiger charge is 2.03. The average Bonchev–Trinajstić information content (AvgIpc) is 2.32. The van der Waals surface area contributed by atoms with E-state index in [4.69, 9.17) is 0 Å². The van der Waals surface area contributed by atoms with Crippen LogP contribution in [0.15, 0.2) is 6.58 Å². The molecule has 11 heavy (non-hydrogen) atoms. The van der Waals surface area contributed by atoms with Gasteiger partial charge in [0.15, 0.2) is 0 Å². The quantitative estimate of drug-likeness (QED) is 0.674. The van der Waals surface area contributed by atoms with Crippen LogP contribution in [0.4, 0.5) is 0 Å². The molecular formula is C9H13NS. The Kier molecular flexibility index (Phi) is 2.83. The van der Waals surface area contributed by atoms with Crippen LogP contribution >= 0.6 is 11.3 Å². The van der Waals surface area contributed by atoms with E-state index in [9.17, 15) is 0 Å². The Balaban J connectivity index is 2.92. The summed E-state index contributed by atoms with van der Waals surface area (Å²) in [6.45, 7) is 7.96. The molecule has 0 aliphatic heterocycles. The van der Waals surface area contributed by atoms with Crippen LogP contribution in [0.5, 0.6) is 0 Å². The van der Waals surface area contributed by atoms with Gasteiger partial charge in [-0.15, -0.1) is 11.3 Å². The molecule has 0 atom stereocenters. The molecule has 2 heteroatoms. The summed E-state index contributed by atoms with van der Waals surface area (Å²) in [6.07, 6.45) is 4.13. The van der Waals surface area contributed by atoms with Gasteiger partial charge in [-0.2, -0.15) is 0 Å². The van der Waals surface area contributed by atoms with Gasteiger partial charge < -0.3 is 0 Å². The number of hydrogen-bond donors (Lipinski definition) is 0. The van der Waals surface area contributed by atoms with E-state index < -0.39 is 0 Å². The second-order valence-electron chi connectivity index (χ2n) is 2.50. The van der Waals surface area contributed by atoms with Crippen LogP contribution < -0.4 is 0 Å². The van der Waals surface area contributed by atoms with Crippen LogP contribution in [0.25, 0.3) is 6.08 Å². The maximum absolute atomic E-state index is 4.42. The summed E-state index contributed by atoms with van der Waals surface area (Å²) in [7, 11) is 0. The van der Waals surface area contributed by atoms with E-state index in [2.05, 4.69) is 18.5 Å². The molecule has 0 saturated carbocycles. The molecular weight excluding hydrogens is 154 g/mol. The number of hydrogen-bond acceptors (Lipinski definition) is 2. The second kappa shape index (κ2) is 3.67. The maximum Gasteiger partial charge on any atom is 0.0903 e. The molecule has 1 aromatic rings. The van der Waals surface area contributed by atoms with Gasteiger partial charge in [-0.05, 0) is 13.3 Å². The monoisotopic (exact) mass is 167 g/mol. The number of rotatable bonds is 3. The Morgan fingerprint density at radius 1 is 1.64 bits per heavy atom. The van der Waals surface area contributed by atoms with Gasteiger partial charge in [0, 0.05) is 4.88 Å². The third kappa shape index (κ3) is 1.90. The van der Waals surface area contributed by atoms with E-state index in [1.54, 1.807) is 11.3 Å². The summed E-state index contributed by atoms with van der Waals surface area (Å²) < 4.78 is 0. The molecule has 0 amide bonds. The first-order valence-corrected chi connectivity index (χ1v) is 4.68. The Morgan fingerprint density at radius 2 is 2.36 bits per heavy atom. The summed E-state index contributed by atoms with van der Waals surface area (Å²) in [5, 5.41) is 1.14. The molecule has 0 unspecified atom stereocenters. The molecule has 0 bridgehead atoms. The first kappa shape index (κ1) is 8.47. The van der Waals surface area contributed by atoms with E-state index in [0.29, 0.717) is 0 Å². The number of aromatic nitrogens is 1. The van der Waals surface area contributed by atoms with Crippen molar-refractivity contribution in [1.29, 1.82) is 0 Å². The van der Waals surface area contributed by atoms with Crippen LogP contribution in [-0.4, -0.2) is 4.98 Å². The van der Waals surface area contributed by atoms with Crippen molar-refractivity contribution in [3.63, 3.8) is 0 Å². The minimum Gasteiger partial charge on any atom is -0.246 e. The lowest BCUT2D eigenvalue weighted by Crippen LogP contribution is -1.85. The SMILES string of the molecule is C=Cc1sc(C)nc1CCC. The van der Waals surface area contributed by atoms with Gasteiger partial charge in [0.1, 0.15) is 0 Å².